The largest absolute Gasteiger partial charge is 0.491 e. The van der Waals surface area contributed by atoms with Crippen molar-refractivity contribution in [1.82, 2.24) is 0 Å². The van der Waals surface area contributed by atoms with Crippen molar-refractivity contribution in [3.05, 3.63) is 29.8 Å². The first-order valence-electron chi connectivity index (χ1n) is 7.13. The summed E-state index contributed by atoms with van der Waals surface area (Å²) in [4.78, 5) is 31.6. The summed E-state index contributed by atoms with van der Waals surface area (Å²) in [6, 6.07) is 4.27. The molecule has 1 saturated heterocycles. The molecule has 30 heavy (non-hydrogen) atoms. The van der Waals surface area contributed by atoms with Crippen molar-refractivity contribution in [3.63, 3.8) is 0 Å². The molecule has 1 aromatic rings. The van der Waals surface area contributed by atoms with Crippen molar-refractivity contribution in [2.24, 2.45) is 0 Å². The van der Waals surface area contributed by atoms with Crippen LogP contribution in [0.4, 0.5) is 45.2 Å². The van der Waals surface area contributed by atoms with E-state index in [1.54, 1.807) is 0 Å². The summed E-state index contributed by atoms with van der Waals surface area (Å²) in [5.41, 5.74) is -0.814. The first-order valence-corrected chi connectivity index (χ1v) is 7.13. The maximum Gasteiger partial charge on any atom is 0.491 e. The van der Waals surface area contributed by atoms with Crippen LogP contribution in [0.2, 0.25) is 0 Å². The Morgan fingerprint density at radius 3 is 1.87 bits per heavy atom. The number of esters is 2. The number of aliphatic hydroxyl groups excluding tert-OH is 1. The van der Waals surface area contributed by atoms with E-state index in [0.717, 1.165) is 17.0 Å². The maximum absolute atomic E-state index is 12.4. The van der Waals surface area contributed by atoms with Gasteiger partial charge in [-0.05, 0) is 18.2 Å². The number of anilines is 1. The van der Waals surface area contributed by atoms with Gasteiger partial charge >= 0.3 is 30.5 Å². The Morgan fingerprint density at radius 2 is 1.50 bits per heavy atom. The van der Waals surface area contributed by atoms with E-state index in [4.69, 9.17) is 5.11 Å². The molecule has 0 spiro atoms. The van der Waals surface area contributed by atoms with Crippen molar-refractivity contribution in [2.45, 2.75) is 24.8 Å². The standard InChI is InChI=1S/C10H8F3NO3.C4F6O3/c11-10(12,13)6-2-1-3-7(4-6)14-5-17-9(16)8(14)15;5-3(6,7)1(11)13-2(12)4(8,9)10/h1-4,9,16H,5H2;. The number of carbonyl (C=O) groups excluding carboxylic acids is 3. The molecule has 16 heteroatoms. The molecular weight excluding hydrogens is 449 g/mol. The zero-order chi connectivity index (χ0) is 23.5. The Hall–Kier alpha value is -2.88. The molecule has 1 N–H and O–H groups in total. The van der Waals surface area contributed by atoms with Gasteiger partial charge in [0.1, 0.15) is 6.73 Å². The lowest BCUT2D eigenvalue weighted by Crippen LogP contribution is -2.34. The first kappa shape index (κ1) is 25.2. The number of amides is 1. The number of carbonyl (C=O) groups is 3. The van der Waals surface area contributed by atoms with Crippen LogP contribution in [0, 0.1) is 0 Å². The van der Waals surface area contributed by atoms with E-state index in [0.29, 0.717) is 0 Å². The smallest absolute Gasteiger partial charge is 0.380 e. The van der Waals surface area contributed by atoms with Gasteiger partial charge in [-0.2, -0.15) is 39.5 Å². The van der Waals surface area contributed by atoms with Crippen LogP contribution in [0.25, 0.3) is 0 Å². The minimum Gasteiger partial charge on any atom is -0.380 e. The first-order chi connectivity index (χ1) is 13.4. The van der Waals surface area contributed by atoms with Gasteiger partial charge < -0.3 is 14.6 Å². The van der Waals surface area contributed by atoms with Crippen LogP contribution in [-0.2, 0) is 30.0 Å². The van der Waals surface area contributed by atoms with Crippen molar-refractivity contribution < 1.29 is 68.5 Å². The lowest BCUT2D eigenvalue weighted by molar-refractivity contribution is -0.221. The molecule has 0 radical (unpaired) electrons. The molecule has 7 nitrogen and oxygen atoms in total. The molecule has 2 rings (SSSR count). The van der Waals surface area contributed by atoms with E-state index in [9.17, 15) is 53.9 Å². The van der Waals surface area contributed by atoms with Crippen molar-refractivity contribution >= 4 is 23.5 Å². The van der Waals surface area contributed by atoms with Gasteiger partial charge in [0.25, 0.3) is 5.91 Å². The topological polar surface area (TPSA) is 93.1 Å². The van der Waals surface area contributed by atoms with Crippen LogP contribution in [0.1, 0.15) is 5.56 Å². The normalized spacial score (nSPS) is 17.3. The SMILES string of the molecule is O=C(OC(=O)C(F)(F)F)C(F)(F)F.O=C1C(O)OCN1c1cccc(C(F)(F)F)c1. The molecule has 168 valence electrons. The summed E-state index contributed by atoms with van der Waals surface area (Å²) in [5, 5.41) is 9.02. The van der Waals surface area contributed by atoms with Gasteiger partial charge in [-0.3, -0.25) is 9.69 Å². The second-order valence-electron chi connectivity index (χ2n) is 5.13. The molecule has 1 aromatic carbocycles. The summed E-state index contributed by atoms with van der Waals surface area (Å²) < 4.78 is 112. The third kappa shape index (κ3) is 6.87. The average Bonchev–Trinajstić information content (AvgIpc) is 2.92. The summed E-state index contributed by atoms with van der Waals surface area (Å²) in [6.45, 7) is -0.263. The predicted octanol–water partition coefficient (Wildman–Crippen LogP) is 2.53. The average molecular weight is 457 g/mol. The highest BCUT2D eigenvalue weighted by Crippen LogP contribution is 2.32. The zero-order valence-corrected chi connectivity index (χ0v) is 13.9. The van der Waals surface area contributed by atoms with Crippen LogP contribution < -0.4 is 4.90 Å². The molecule has 1 amide bonds. The Morgan fingerprint density at radius 1 is 1.00 bits per heavy atom. The Bertz CT molecular complexity index is 778. The summed E-state index contributed by atoms with van der Waals surface area (Å²) in [5.74, 6) is -7.17. The lowest BCUT2D eigenvalue weighted by atomic mass is 10.2. The van der Waals surface area contributed by atoms with Crippen molar-refractivity contribution in [3.8, 4) is 0 Å². The fraction of sp³-hybridized carbons (Fsp3) is 0.357. The zero-order valence-electron chi connectivity index (χ0n) is 13.9. The highest BCUT2D eigenvalue weighted by molar-refractivity contribution is 5.97. The second kappa shape index (κ2) is 8.86. The summed E-state index contributed by atoms with van der Waals surface area (Å²) >= 11 is 0. The monoisotopic (exact) mass is 457 g/mol. The van der Waals surface area contributed by atoms with E-state index >= 15 is 0 Å². The van der Waals surface area contributed by atoms with Gasteiger partial charge in [-0.1, -0.05) is 6.07 Å². The molecule has 1 heterocycles. The van der Waals surface area contributed by atoms with Crippen LogP contribution in [-0.4, -0.2) is 48.3 Å². The number of nitrogens with zero attached hydrogens (tertiary/aromatic N) is 1. The minimum atomic E-state index is -5.62. The van der Waals surface area contributed by atoms with Crippen molar-refractivity contribution in [1.29, 1.82) is 0 Å². The van der Waals surface area contributed by atoms with E-state index < -0.39 is 48.2 Å². The van der Waals surface area contributed by atoms with E-state index in [2.05, 4.69) is 9.47 Å². The molecule has 0 aromatic heterocycles. The number of hydrogen-bond acceptors (Lipinski definition) is 6. The second-order valence-corrected chi connectivity index (χ2v) is 5.13. The molecule has 1 fully saturated rings. The van der Waals surface area contributed by atoms with Gasteiger partial charge in [0.15, 0.2) is 0 Å². The third-order valence-electron chi connectivity index (χ3n) is 2.97. The maximum atomic E-state index is 12.4. The molecule has 1 aliphatic heterocycles. The molecule has 0 bridgehead atoms. The quantitative estimate of drug-likeness (QED) is 0.396. The Balaban J connectivity index is 0.000000314. The van der Waals surface area contributed by atoms with Gasteiger partial charge in [-0.15, -0.1) is 0 Å². The summed E-state index contributed by atoms with van der Waals surface area (Å²) in [7, 11) is 0. The van der Waals surface area contributed by atoms with Gasteiger partial charge in [0.2, 0.25) is 6.29 Å². The van der Waals surface area contributed by atoms with E-state index in [1.165, 1.54) is 12.1 Å². The molecular formula is C14H8F9NO6. The Kier molecular flexibility index (Phi) is 7.43. The molecule has 1 atom stereocenters. The highest BCUT2D eigenvalue weighted by atomic mass is 19.4. The van der Waals surface area contributed by atoms with E-state index in [1.807, 2.05) is 0 Å². The number of halogens is 9. The number of rotatable bonds is 1. The van der Waals surface area contributed by atoms with Crippen LogP contribution in [0.15, 0.2) is 24.3 Å². The summed E-state index contributed by atoms with van der Waals surface area (Å²) in [6.07, 6.45) is -17.3. The molecule has 1 aliphatic rings. The number of benzene rings is 1. The van der Waals surface area contributed by atoms with Crippen LogP contribution >= 0.6 is 0 Å². The van der Waals surface area contributed by atoms with Gasteiger partial charge in [-0.25, -0.2) is 9.59 Å². The van der Waals surface area contributed by atoms with Crippen LogP contribution in [0.3, 0.4) is 0 Å². The van der Waals surface area contributed by atoms with Gasteiger partial charge in [0, 0.05) is 5.69 Å². The molecule has 1 unspecified atom stereocenters. The molecule has 0 saturated carbocycles. The number of alkyl halides is 9. The van der Waals surface area contributed by atoms with Crippen LogP contribution in [0.5, 0.6) is 0 Å². The lowest BCUT2D eigenvalue weighted by Gasteiger charge is -2.15. The molecule has 0 aliphatic carbocycles. The third-order valence-corrected chi connectivity index (χ3v) is 2.97. The fourth-order valence-corrected chi connectivity index (χ4v) is 1.67. The van der Waals surface area contributed by atoms with E-state index in [-0.39, 0.29) is 12.4 Å². The Labute approximate surface area is 159 Å². The minimum absolute atomic E-state index is 0.0429. The number of hydrogen-bond donors (Lipinski definition) is 1. The van der Waals surface area contributed by atoms with Crippen molar-refractivity contribution in [2.75, 3.05) is 11.6 Å². The predicted molar refractivity (Wildman–Crippen MR) is 74.1 cm³/mol. The number of aliphatic hydroxyl groups is 1. The fourth-order valence-electron chi connectivity index (χ4n) is 1.67. The highest BCUT2D eigenvalue weighted by Gasteiger charge is 2.49. The number of ether oxygens (including phenoxy) is 2. The van der Waals surface area contributed by atoms with Gasteiger partial charge in [0.05, 0.1) is 5.56 Å².